The smallest absolute Gasteiger partial charge is 0.243 e. The van der Waals surface area contributed by atoms with Crippen LogP contribution in [0.5, 0.6) is 11.5 Å². The highest BCUT2D eigenvalue weighted by Crippen LogP contribution is 2.31. The molecule has 0 unspecified atom stereocenters. The average molecular weight is 473 g/mol. The lowest BCUT2D eigenvalue weighted by molar-refractivity contribution is -0.131. The van der Waals surface area contributed by atoms with Gasteiger partial charge in [-0.05, 0) is 61.6 Å². The van der Waals surface area contributed by atoms with Crippen LogP contribution in [0.25, 0.3) is 0 Å². The zero-order chi connectivity index (χ0) is 23.3. The van der Waals surface area contributed by atoms with Gasteiger partial charge < -0.3 is 14.4 Å². The molecule has 2 aromatic rings. The van der Waals surface area contributed by atoms with E-state index >= 15 is 0 Å². The summed E-state index contributed by atoms with van der Waals surface area (Å²) in [6, 6.07) is 12.8. The van der Waals surface area contributed by atoms with Gasteiger partial charge in [-0.3, -0.25) is 4.79 Å². The molecule has 7 nitrogen and oxygen atoms in total. The molecule has 178 valence electrons. The molecule has 8 heteroatoms. The molecule has 0 N–H and O–H groups in total. The minimum atomic E-state index is -3.43. The van der Waals surface area contributed by atoms with Crippen molar-refractivity contribution in [3.63, 3.8) is 0 Å². The maximum Gasteiger partial charge on any atom is 0.243 e. The van der Waals surface area contributed by atoms with E-state index in [1.54, 1.807) is 16.4 Å². The zero-order valence-electron chi connectivity index (χ0n) is 19.2. The third kappa shape index (κ3) is 5.68. The van der Waals surface area contributed by atoms with Gasteiger partial charge in [-0.2, -0.15) is 4.31 Å². The summed E-state index contributed by atoms with van der Waals surface area (Å²) < 4.78 is 38.4. The Morgan fingerprint density at radius 1 is 0.939 bits per heavy atom. The molecule has 4 rings (SSSR count). The largest absolute Gasteiger partial charge is 0.486 e. The molecule has 2 aliphatic rings. The summed E-state index contributed by atoms with van der Waals surface area (Å²) in [5.74, 6) is 1.53. The van der Waals surface area contributed by atoms with Crippen LogP contribution >= 0.6 is 0 Å². The van der Waals surface area contributed by atoms with Gasteiger partial charge in [-0.1, -0.05) is 24.6 Å². The molecule has 1 amide bonds. The van der Waals surface area contributed by atoms with Crippen molar-refractivity contribution in [3.05, 3.63) is 53.6 Å². The predicted molar refractivity (Wildman–Crippen MR) is 126 cm³/mol. The summed E-state index contributed by atoms with van der Waals surface area (Å²) in [7, 11) is -3.43. The van der Waals surface area contributed by atoms with Crippen LogP contribution in [-0.4, -0.2) is 56.4 Å². The number of carbonyl (C=O) groups is 1. The molecule has 1 fully saturated rings. The van der Waals surface area contributed by atoms with Gasteiger partial charge in [-0.15, -0.1) is 0 Å². The number of amides is 1. The van der Waals surface area contributed by atoms with Crippen LogP contribution in [0.4, 0.5) is 0 Å². The van der Waals surface area contributed by atoms with Crippen molar-refractivity contribution in [2.75, 3.05) is 32.8 Å². The summed E-state index contributed by atoms with van der Waals surface area (Å²) in [5, 5.41) is 0. The van der Waals surface area contributed by atoms with Gasteiger partial charge in [-0.25, -0.2) is 8.42 Å². The van der Waals surface area contributed by atoms with E-state index in [0.717, 1.165) is 41.9 Å². The Morgan fingerprint density at radius 3 is 2.30 bits per heavy atom. The standard InChI is InChI=1S/C25H32N2O5S/c1-2-26(19-21-8-12-23-24(18-21)32-17-16-31-23)25(28)13-9-20-6-10-22(11-7-20)33(29,30)27-14-4-3-5-15-27/h6-8,10-12,18H,2-5,9,13-17,19H2,1H3. The van der Waals surface area contributed by atoms with Crippen LogP contribution in [0.3, 0.4) is 0 Å². The fourth-order valence-corrected chi connectivity index (χ4v) is 5.79. The Kier molecular flexibility index (Phi) is 7.55. The number of hydrogen-bond donors (Lipinski definition) is 0. The number of piperidine rings is 1. The van der Waals surface area contributed by atoms with Gasteiger partial charge in [0.2, 0.25) is 15.9 Å². The van der Waals surface area contributed by atoms with Crippen LogP contribution in [0.1, 0.15) is 43.7 Å². The molecule has 0 saturated carbocycles. The van der Waals surface area contributed by atoms with Crippen molar-refractivity contribution in [3.8, 4) is 11.5 Å². The lowest BCUT2D eigenvalue weighted by atomic mass is 10.1. The van der Waals surface area contributed by atoms with Crippen LogP contribution in [0, 0.1) is 0 Å². The number of rotatable bonds is 8. The number of hydrogen-bond acceptors (Lipinski definition) is 5. The van der Waals surface area contributed by atoms with Gasteiger partial charge in [0.15, 0.2) is 11.5 Å². The average Bonchev–Trinajstić information content (AvgIpc) is 2.86. The molecular weight excluding hydrogens is 440 g/mol. The van der Waals surface area contributed by atoms with E-state index in [0.29, 0.717) is 57.1 Å². The van der Waals surface area contributed by atoms with E-state index in [4.69, 9.17) is 9.47 Å². The van der Waals surface area contributed by atoms with Gasteiger partial charge in [0.1, 0.15) is 13.2 Å². The van der Waals surface area contributed by atoms with E-state index in [1.807, 2.05) is 42.2 Å². The maximum atomic E-state index is 12.8. The summed E-state index contributed by atoms with van der Waals surface area (Å²) >= 11 is 0. The first-order valence-electron chi connectivity index (χ1n) is 11.7. The second kappa shape index (κ2) is 10.6. The topological polar surface area (TPSA) is 76.1 Å². The number of nitrogens with zero attached hydrogens (tertiary/aromatic N) is 2. The predicted octanol–water partition coefficient (Wildman–Crippen LogP) is 3.61. The van der Waals surface area contributed by atoms with E-state index in [-0.39, 0.29) is 5.91 Å². The van der Waals surface area contributed by atoms with Crippen LogP contribution in [-0.2, 0) is 27.8 Å². The van der Waals surface area contributed by atoms with Gasteiger partial charge in [0.05, 0.1) is 4.90 Å². The second-order valence-corrected chi connectivity index (χ2v) is 10.4. The molecular formula is C25H32N2O5S. The molecule has 1 saturated heterocycles. The molecule has 0 aromatic heterocycles. The van der Waals surface area contributed by atoms with Gasteiger partial charge >= 0.3 is 0 Å². The third-order valence-electron chi connectivity index (χ3n) is 6.22. The van der Waals surface area contributed by atoms with Crippen LogP contribution in [0.15, 0.2) is 47.4 Å². The highest BCUT2D eigenvalue weighted by atomic mass is 32.2. The molecule has 2 aromatic carbocycles. The molecule has 0 atom stereocenters. The number of benzene rings is 2. The molecule has 2 heterocycles. The second-order valence-electron chi connectivity index (χ2n) is 8.49. The molecule has 33 heavy (non-hydrogen) atoms. The van der Waals surface area contributed by atoms with Crippen molar-refractivity contribution >= 4 is 15.9 Å². The SMILES string of the molecule is CCN(Cc1ccc2c(c1)OCCO2)C(=O)CCc1ccc(S(=O)(=O)N2CCCCC2)cc1. The van der Waals surface area contributed by atoms with Crippen molar-refractivity contribution in [2.24, 2.45) is 0 Å². The summed E-state index contributed by atoms with van der Waals surface area (Å²) in [4.78, 5) is 15.0. The molecule has 2 aliphatic heterocycles. The quantitative estimate of drug-likeness (QED) is 0.587. The first-order chi connectivity index (χ1) is 16.0. The summed E-state index contributed by atoms with van der Waals surface area (Å²) in [6.07, 6.45) is 3.86. The lowest BCUT2D eigenvalue weighted by Crippen LogP contribution is -2.35. The van der Waals surface area contributed by atoms with Crippen molar-refractivity contribution < 1.29 is 22.7 Å². The number of fused-ring (bicyclic) bond motifs is 1. The minimum Gasteiger partial charge on any atom is -0.486 e. The molecule has 0 bridgehead atoms. The first kappa shape index (κ1) is 23.6. The Labute approximate surface area is 196 Å². The zero-order valence-corrected chi connectivity index (χ0v) is 20.0. The van der Waals surface area contributed by atoms with Gasteiger partial charge in [0.25, 0.3) is 0 Å². The highest BCUT2D eigenvalue weighted by Gasteiger charge is 2.25. The molecule has 0 spiro atoms. The number of aryl methyl sites for hydroxylation is 1. The van der Waals surface area contributed by atoms with E-state index < -0.39 is 10.0 Å². The molecule has 0 aliphatic carbocycles. The summed E-state index contributed by atoms with van der Waals surface area (Å²) in [6.45, 7) is 5.36. The Hall–Kier alpha value is -2.58. The minimum absolute atomic E-state index is 0.0670. The Morgan fingerprint density at radius 2 is 1.61 bits per heavy atom. The fraction of sp³-hybridized carbons (Fsp3) is 0.480. The lowest BCUT2D eigenvalue weighted by Gasteiger charge is -2.26. The highest BCUT2D eigenvalue weighted by molar-refractivity contribution is 7.89. The van der Waals surface area contributed by atoms with E-state index in [9.17, 15) is 13.2 Å². The number of ether oxygens (including phenoxy) is 2. The maximum absolute atomic E-state index is 12.8. The van der Waals surface area contributed by atoms with Crippen LogP contribution < -0.4 is 9.47 Å². The van der Waals surface area contributed by atoms with E-state index in [1.165, 1.54) is 0 Å². The number of carbonyl (C=O) groups excluding carboxylic acids is 1. The van der Waals surface area contributed by atoms with Crippen molar-refractivity contribution in [1.82, 2.24) is 9.21 Å². The van der Waals surface area contributed by atoms with Crippen molar-refractivity contribution in [1.29, 1.82) is 0 Å². The third-order valence-corrected chi connectivity index (χ3v) is 8.13. The number of sulfonamides is 1. The first-order valence-corrected chi connectivity index (χ1v) is 13.2. The Bertz CT molecular complexity index is 1060. The van der Waals surface area contributed by atoms with Crippen molar-refractivity contribution in [2.45, 2.75) is 50.5 Å². The van der Waals surface area contributed by atoms with E-state index in [2.05, 4.69) is 0 Å². The monoisotopic (exact) mass is 472 g/mol. The Balaban J connectivity index is 1.33. The summed E-state index contributed by atoms with van der Waals surface area (Å²) in [5.41, 5.74) is 1.96. The van der Waals surface area contributed by atoms with Crippen LogP contribution in [0.2, 0.25) is 0 Å². The molecule has 0 radical (unpaired) electrons. The fourth-order valence-electron chi connectivity index (χ4n) is 4.27. The van der Waals surface area contributed by atoms with Gasteiger partial charge in [0, 0.05) is 32.6 Å². The normalized spacial score (nSPS) is 16.4.